The Hall–Kier alpha value is 2.01. The van der Waals surface area contributed by atoms with Crippen LogP contribution in [0, 0.1) is 0 Å². The fourth-order valence-electron chi connectivity index (χ4n) is 1.07. The smallest absolute Gasteiger partial charge is 0.852 e. The predicted octanol–water partition coefficient (Wildman–Crippen LogP) is -2.32. The third-order valence-corrected chi connectivity index (χ3v) is 1.55. The van der Waals surface area contributed by atoms with Gasteiger partial charge in [0, 0.05) is 0 Å². The second-order valence-electron chi connectivity index (χ2n) is 2.26. The summed E-state index contributed by atoms with van der Waals surface area (Å²) in [5.41, 5.74) is 0. The van der Waals surface area contributed by atoms with Gasteiger partial charge < -0.3 is 5.11 Å². The maximum absolute atomic E-state index is 10.5. The first-order chi connectivity index (χ1) is 3.39. The maximum atomic E-state index is 10.5. The first kappa shape index (κ1) is 10.0. The van der Waals surface area contributed by atoms with Gasteiger partial charge in [0.25, 0.3) is 0 Å². The molecule has 0 saturated heterocycles. The Bertz CT molecular complexity index is 50.5. The van der Waals surface area contributed by atoms with Gasteiger partial charge in [-0.1, -0.05) is 32.1 Å². The van der Waals surface area contributed by atoms with Crippen molar-refractivity contribution < 1.29 is 74.0 Å². The average Bonchev–Trinajstić information content (AvgIpc) is 1.69. The van der Waals surface area contributed by atoms with Crippen LogP contribution < -0.4 is 74.0 Å². The Morgan fingerprint density at radius 3 is 1.75 bits per heavy atom. The molecule has 2 heteroatoms. The molecule has 0 aromatic rings. The zero-order valence-electron chi connectivity index (χ0n) is 5.52. The third-order valence-electron chi connectivity index (χ3n) is 1.55. The second-order valence-corrected chi connectivity index (χ2v) is 2.26. The summed E-state index contributed by atoms with van der Waals surface area (Å²) in [7, 11) is 0. The van der Waals surface area contributed by atoms with Gasteiger partial charge in [0.1, 0.15) is 0 Å². The van der Waals surface area contributed by atoms with Gasteiger partial charge >= 0.3 is 68.9 Å². The Morgan fingerprint density at radius 2 is 1.50 bits per heavy atom. The van der Waals surface area contributed by atoms with E-state index >= 15 is 0 Å². The molecule has 1 rings (SSSR count). The van der Waals surface area contributed by atoms with Crippen LogP contribution in [0.25, 0.3) is 0 Å². The fraction of sp³-hybridized carbons (Fsp3) is 1.00. The first-order valence-electron chi connectivity index (χ1n) is 3.05. The van der Waals surface area contributed by atoms with Crippen LogP contribution in [-0.2, 0) is 0 Å². The van der Waals surface area contributed by atoms with Crippen LogP contribution in [-0.4, -0.2) is 6.10 Å². The quantitative estimate of drug-likeness (QED) is 0.460. The van der Waals surface area contributed by atoms with Gasteiger partial charge in [0.2, 0.25) is 0 Å². The molecule has 8 heavy (non-hydrogen) atoms. The van der Waals surface area contributed by atoms with Gasteiger partial charge in [-0.3, -0.25) is 0 Å². The van der Waals surface area contributed by atoms with E-state index in [1.54, 1.807) is 0 Å². The van der Waals surface area contributed by atoms with E-state index in [1.165, 1.54) is 19.3 Å². The Morgan fingerprint density at radius 1 is 1.00 bits per heavy atom. The van der Waals surface area contributed by atoms with E-state index in [9.17, 15) is 5.11 Å². The molecule has 1 aliphatic carbocycles. The summed E-state index contributed by atoms with van der Waals surface area (Å²) in [5.74, 6) is 0. The monoisotopic (exact) mass is 232 g/mol. The standard InChI is InChI=1S/C6H11O.Cs/c7-6-4-2-1-3-5-6;/h6H,1-5H2;/q-1;+1. The van der Waals surface area contributed by atoms with Crippen LogP contribution in [0.5, 0.6) is 0 Å². The average molecular weight is 232 g/mol. The minimum absolute atomic E-state index is 0. The molecule has 0 amide bonds. The van der Waals surface area contributed by atoms with Crippen LogP contribution in [0.4, 0.5) is 0 Å². The first-order valence-corrected chi connectivity index (χ1v) is 3.05. The molecule has 0 heterocycles. The SMILES string of the molecule is [Cs+].[O-]C1CCCCC1. The van der Waals surface area contributed by atoms with Crippen molar-refractivity contribution in [3.8, 4) is 0 Å². The van der Waals surface area contributed by atoms with Crippen LogP contribution in [0.2, 0.25) is 0 Å². The van der Waals surface area contributed by atoms with E-state index in [0.717, 1.165) is 12.8 Å². The summed E-state index contributed by atoms with van der Waals surface area (Å²) in [5, 5.41) is 10.5. The molecule has 0 aromatic heterocycles. The van der Waals surface area contributed by atoms with Crippen molar-refractivity contribution in [1.29, 1.82) is 0 Å². The molecule has 0 unspecified atom stereocenters. The maximum Gasteiger partial charge on any atom is 1.00 e. The van der Waals surface area contributed by atoms with E-state index in [1.807, 2.05) is 0 Å². The normalized spacial score (nSPS) is 22.1. The molecule has 1 fully saturated rings. The van der Waals surface area contributed by atoms with Crippen molar-refractivity contribution in [3.63, 3.8) is 0 Å². The summed E-state index contributed by atoms with van der Waals surface area (Å²) in [6.07, 6.45) is 5.29. The Labute approximate surface area is 110 Å². The molecule has 1 aliphatic rings. The Kier molecular flexibility index (Phi) is 7.22. The van der Waals surface area contributed by atoms with Crippen molar-refractivity contribution >= 4 is 0 Å². The molecule has 0 bridgehead atoms. The van der Waals surface area contributed by atoms with Crippen molar-refractivity contribution in [3.05, 3.63) is 0 Å². The van der Waals surface area contributed by atoms with E-state index in [4.69, 9.17) is 0 Å². The largest absolute Gasteiger partial charge is 1.00 e. The third kappa shape index (κ3) is 3.93. The van der Waals surface area contributed by atoms with Crippen LogP contribution >= 0.6 is 0 Å². The Balaban J connectivity index is 0.000000490. The summed E-state index contributed by atoms with van der Waals surface area (Å²) < 4.78 is 0. The number of rotatable bonds is 0. The van der Waals surface area contributed by atoms with E-state index in [-0.39, 0.29) is 75.0 Å². The predicted molar refractivity (Wildman–Crippen MR) is 26.9 cm³/mol. The minimum Gasteiger partial charge on any atom is -0.852 e. The second kappa shape index (κ2) is 5.77. The van der Waals surface area contributed by atoms with Gasteiger partial charge in [-0.05, 0) is 0 Å². The van der Waals surface area contributed by atoms with Crippen LogP contribution in [0.15, 0.2) is 0 Å². The van der Waals surface area contributed by atoms with E-state index in [2.05, 4.69) is 0 Å². The van der Waals surface area contributed by atoms with Crippen molar-refractivity contribution in [1.82, 2.24) is 0 Å². The van der Waals surface area contributed by atoms with Gasteiger partial charge in [0.05, 0.1) is 0 Å². The fourth-order valence-corrected chi connectivity index (χ4v) is 1.07. The summed E-state index contributed by atoms with van der Waals surface area (Å²) >= 11 is 0. The van der Waals surface area contributed by atoms with E-state index < -0.39 is 0 Å². The van der Waals surface area contributed by atoms with E-state index in [0.29, 0.717) is 0 Å². The zero-order valence-corrected chi connectivity index (χ0v) is 11.8. The molecular weight excluding hydrogens is 221 g/mol. The molecule has 0 aliphatic heterocycles. The summed E-state index contributed by atoms with van der Waals surface area (Å²) in [4.78, 5) is 0. The molecule has 0 atom stereocenters. The van der Waals surface area contributed by atoms with Crippen LogP contribution in [0.1, 0.15) is 32.1 Å². The molecule has 0 N–H and O–H groups in total. The molecular formula is C6H11CsO. The molecule has 0 radical (unpaired) electrons. The van der Waals surface area contributed by atoms with Gasteiger partial charge in [0.15, 0.2) is 0 Å². The molecule has 0 spiro atoms. The summed E-state index contributed by atoms with van der Waals surface area (Å²) in [6.45, 7) is 0. The van der Waals surface area contributed by atoms with Gasteiger partial charge in [-0.25, -0.2) is 0 Å². The molecule has 0 aromatic carbocycles. The molecule has 42 valence electrons. The summed E-state index contributed by atoms with van der Waals surface area (Å²) in [6, 6.07) is 0. The number of hydrogen-bond donors (Lipinski definition) is 0. The van der Waals surface area contributed by atoms with Crippen LogP contribution in [0.3, 0.4) is 0 Å². The van der Waals surface area contributed by atoms with Crippen molar-refractivity contribution in [2.75, 3.05) is 0 Å². The van der Waals surface area contributed by atoms with Gasteiger partial charge in [-0.2, -0.15) is 0 Å². The minimum atomic E-state index is -0.214. The van der Waals surface area contributed by atoms with Gasteiger partial charge in [-0.15, -0.1) is 6.10 Å². The number of hydrogen-bond acceptors (Lipinski definition) is 1. The topological polar surface area (TPSA) is 23.1 Å². The molecule has 1 saturated carbocycles. The molecule has 1 nitrogen and oxygen atoms in total. The van der Waals surface area contributed by atoms with Crippen molar-refractivity contribution in [2.45, 2.75) is 38.2 Å². The van der Waals surface area contributed by atoms with Crippen molar-refractivity contribution in [2.24, 2.45) is 0 Å². The zero-order chi connectivity index (χ0) is 5.11.